The molecule has 0 bridgehead atoms. The van der Waals surface area contributed by atoms with E-state index in [4.69, 9.17) is 0 Å². The topological polar surface area (TPSA) is 0 Å². The fraction of sp³-hybridized carbons (Fsp3) is 0.385. The predicted octanol–water partition coefficient (Wildman–Crippen LogP) is 4.28. The van der Waals surface area contributed by atoms with Crippen molar-refractivity contribution in [2.24, 2.45) is 0 Å². The molecule has 0 saturated heterocycles. The summed E-state index contributed by atoms with van der Waals surface area (Å²) in [7, 11) is 0. The Balaban J connectivity index is 1.91. The van der Waals surface area contributed by atoms with Crippen molar-refractivity contribution < 1.29 is 0 Å². The molecule has 1 aliphatic carbocycles. The van der Waals surface area contributed by atoms with Crippen LogP contribution in [0.25, 0.3) is 0 Å². The van der Waals surface area contributed by atoms with Gasteiger partial charge in [-0.15, -0.1) is 11.8 Å². The van der Waals surface area contributed by atoms with Crippen LogP contribution < -0.4 is 0 Å². The Morgan fingerprint density at radius 3 is 2.50 bits per heavy atom. The summed E-state index contributed by atoms with van der Waals surface area (Å²) in [6.07, 6.45) is 3.95. The van der Waals surface area contributed by atoms with Crippen LogP contribution >= 0.6 is 11.8 Å². The van der Waals surface area contributed by atoms with Gasteiger partial charge in [0.2, 0.25) is 0 Å². The van der Waals surface area contributed by atoms with Crippen molar-refractivity contribution in [2.45, 2.75) is 31.1 Å². The summed E-state index contributed by atoms with van der Waals surface area (Å²) in [6, 6.07) is 10.7. The number of thioether (sulfide) groups is 1. The lowest BCUT2D eigenvalue weighted by molar-refractivity contribution is 1.09. The van der Waals surface area contributed by atoms with Crippen molar-refractivity contribution in [3.8, 4) is 0 Å². The van der Waals surface area contributed by atoms with Crippen LogP contribution in [0.15, 0.2) is 46.4 Å². The number of allylic oxidation sites excluding steroid dienone is 1. The predicted molar refractivity (Wildman–Crippen MR) is 63.7 cm³/mol. The number of hydrogen-bond acceptors (Lipinski definition) is 1. The molecule has 0 radical (unpaired) electrons. The molecule has 0 nitrogen and oxygen atoms in total. The second-order valence-electron chi connectivity index (χ2n) is 3.66. The second-order valence-corrected chi connectivity index (χ2v) is 4.71. The Morgan fingerprint density at radius 2 is 1.93 bits per heavy atom. The van der Waals surface area contributed by atoms with E-state index in [9.17, 15) is 0 Å². The maximum Gasteiger partial charge on any atom is 0.0193 e. The van der Waals surface area contributed by atoms with Crippen LogP contribution in [0.2, 0.25) is 0 Å². The smallest absolute Gasteiger partial charge is 0.0193 e. The van der Waals surface area contributed by atoms with Crippen LogP contribution in [-0.4, -0.2) is 5.75 Å². The summed E-state index contributed by atoms with van der Waals surface area (Å²) in [5.41, 5.74) is 3.40. The molecule has 2 rings (SSSR count). The van der Waals surface area contributed by atoms with Gasteiger partial charge in [-0.2, -0.15) is 0 Å². The summed E-state index contributed by atoms with van der Waals surface area (Å²) in [6.45, 7) is 2.27. The molecular weight excluding hydrogens is 188 g/mol. The molecule has 14 heavy (non-hydrogen) atoms. The Kier molecular flexibility index (Phi) is 3.30. The van der Waals surface area contributed by atoms with E-state index in [0.29, 0.717) is 0 Å². The van der Waals surface area contributed by atoms with E-state index in [1.54, 1.807) is 11.1 Å². The molecule has 0 N–H and O–H groups in total. The molecule has 0 aliphatic heterocycles. The largest absolute Gasteiger partial charge is 0.122 e. The van der Waals surface area contributed by atoms with Gasteiger partial charge < -0.3 is 0 Å². The van der Waals surface area contributed by atoms with Crippen LogP contribution in [0.3, 0.4) is 0 Å². The van der Waals surface area contributed by atoms with E-state index in [2.05, 4.69) is 37.3 Å². The molecule has 0 atom stereocenters. The zero-order valence-electron chi connectivity index (χ0n) is 8.62. The first-order valence-electron chi connectivity index (χ1n) is 5.27. The molecule has 0 amide bonds. The third-order valence-electron chi connectivity index (χ3n) is 2.58. The maximum absolute atomic E-state index is 2.27. The van der Waals surface area contributed by atoms with Crippen LogP contribution in [0, 0.1) is 0 Å². The molecule has 0 heterocycles. The third kappa shape index (κ3) is 2.65. The molecule has 1 saturated carbocycles. The summed E-state index contributed by atoms with van der Waals surface area (Å²) < 4.78 is 0. The Morgan fingerprint density at radius 1 is 1.21 bits per heavy atom. The fourth-order valence-electron chi connectivity index (χ4n) is 1.56. The zero-order chi connectivity index (χ0) is 9.80. The van der Waals surface area contributed by atoms with E-state index in [1.165, 1.54) is 29.9 Å². The van der Waals surface area contributed by atoms with Gasteiger partial charge in [-0.1, -0.05) is 36.3 Å². The van der Waals surface area contributed by atoms with E-state index >= 15 is 0 Å². The summed E-state index contributed by atoms with van der Waals surface area (Å²) in [4.78, 5) is 1.39. The lowest BCUT2D eigenvalue weighted by Crippen LogP contribution is -1.85. The molecular formula is C13H16S. The minimum atomic E-state index is 1.19. The molecule has 1 aromatic rings. The van der Waals surface area contributed by atoms with Crippen molar-refractivity contribution in [3.05, 3.63) is 41.5 Å². The quantitative estimate of drug-likeness (QED) is 0.521. The number of rotatable bonds is 4. The zero-order valence-corrected chi connectivity index (χ0v) is 9.44. The van der Waals surface area contributed by atoms with Crippen molar-refractivity contribution in [1.29, 1.82) is 0 Å². The normalized spacial score (nSPS) is 14.2. The SMILES string of the molecule is CCC(CSc1ccccc1)=C1CC1. The standard InChI is InChI=1S/C13H16S/c1-2-11(12-8-9-12)10-14-13-6-4-3-5-7-13/h3-7H,2,8-10H2,1H3. The maximum atomic E-state index is 2.27. The van der Waals surface area contributed by atoms with E-state index in [1.807, 2.05) is 11.8 Å². The van der Waals surface area contributed by atoms with Crippen LogP contribution in [0.5, 0.6) is 0 Å². The minimum absolute atomic E-state index is 1.19. The first-order valence-corrected chi connectivity index (χ1v) is 6.26. The molecule has 0 unspecified atom stereocenters. The van der Waals surface area contributed by atoms with E-state index < -0.39 is 0 Å². The lowest BCUT2D eigenvalue weighted by atomic mass is 10.2. The van der Waals surface area contributed by atoms with Crippen LogP contribution in [-0.2, 0) is 0 Å². The summed E-state index contributed by atoms with van der Waals surface area (Å²) >= 11 is 1.96. The van der Waals surface area contributed by atoms with Crippen LogP contribution in [0.4, 0.5) is 0 Å². The Bertz CT molecular complexity index is 318. The van der Waals surface area contributed by atoms with Gasteiger partial charge >= 0.3 is 0 Å². The van der Waals surface area contributed by atoms with Crippen molar-refractivity contribution in [2.75, 3.05) is 5.75 Å². The molecule has 0 spiro atoms. The fourth-order valence-corrected chi connectivity index (χ4v) is 2.66. The number of hydrogen-bond donors (Lipinski definition) is 0. The summed E-state index contributed by atoms with van der Waals surface area (Å²) in [5, 5.41) is 0. The van der Waals surface area contributed by atoms with Gasteiger partial charge in [0.1, 0.15) is 0 Å². The number of benzene rings is 1. The van der Waals surface area contributed by atoms with Gasteiger partial charge in [0, 0.05) is 10.6 Å². The monoisotopic (exact) mass is 204 g/mol. The summed E-state index contributed by atoms with van der Waals surface area (Å²) in [5.74, 6) is 1.19. The van der Waals surface area contributed by atoms with Gasteiger partial charge in [-0.25, -0.2) is 0 Å². The van der Waals surface area contributed by atoms with Gasteiger partial charge in [0.15, 0.2) is 0 Å². The molecule has 74 valence electrons. The highest BCUT2D eigenvalue weighted by Gasteiger charge is 2.15. The first kappa shape index (κ1) is 9.85. The molecule has 0 aromatic heterocycles. The third-order valence-corrected chi connectivity index (χ3v) is 3.68. The molecule has 1 aliphatic rings. The van der Waals surface area contributed by atoms with Crippen LogP contribution in [0.1, 0.15) is 26.2 Å². The Hall–Kier alpha value is -0.690. The average molecular weight is 204 g/mol. The van der Waals surface area contributed by atoms with Crippen molar-refractivity contribution in [1.82, 2.24) is 0 Å². The molecule has 1 heteroatoms. The highest BCUT2D eigenvalue weighted by molar-refractivity contribution is 7.99. The van der Waals surface area contributed by atoms with Gasteiger partial charge in [-0.05, 0) is 31.4 Å². The van der Waals surface area contributed by atoms with E-state index in [0.717, 1.165) is 0 Å². The molecule has 1 fully saturated rings. The average Bonchev–Trinajstić information content (AvgIpc) is 3.05. The Labute approximate surface area is 90.4 Å². The molecule has 1 aromatic carbocycles. The highest BCUT2D eigenvalue weighted by Crippen LogP contribution is 2.35. The first-order chi connectivity index (χ1) is 6.90. The minimum Gasteiger partial charge on any atom is -0.122 e. The second kappa shape index (κ2) is 4.70. The van der Waals surface area contributed by atoms with Gasteiger partial charge in [0.25, 0.3) is 0 Å². The van der Waals surface area contributed by atoms with Gasteiger partial charge in [-0.3, -0.25) is 0 Å². The van der Waals surface area contributed by atoms with Crippen molar-refractivity contribution >= 4 is 11.8 Å². The van der Waals surface area contributed by atoms with E-state index in [-0.39, 0.29) is 0 Å². The lowest BCUT2D eigenvalue weighted by Gasteiger charge is -2.03. The van der Waals surface area contributed by atoms with Gasteiger partial charge in [0.05, 0.1) is 0 Å². The van der Waals surface area contributed by atoms with Crippen molar-refractivity contribution in [3.63, 3.8) is 0 Å². The highest BCUT2D eigenvalue weighted by atomic mass is 32.2.